The molecule has 0 aromatic carbocycles. The molecule has 0 bridgehead atoms. The Morgan fingerprint density at radius 2 is 1.47 bits per heavy atom. The van der Waals surface area contributed by atoms with Gasteiger partial charge in [0.25, 0.3) is 0 Å². The molecule has 0 spiro atoms. The molecule has 1 amide bonds. The number of hydrogen-bond acceptors (Lipinski definition) is 3. The molecule has 0 heterocycles. The predicted molar refractivity (Wildman–Crippen MR) is 107 cm³/mol. The zero-order chi connectivity index (χ0) is 21.3. The summed E-state index contributed by atoms with van der Waals surface area (Å²) in [5.74, 6) is -3.18. The number of hydrogen-bond donors (Lipinski definition) is 2. The zero-order valence-electron chi connectivity index (χ0n) is 16.6. The number of alkyl halides is 2. The lowest BCUT2D eigenvalue weighted by atomic mass is 9.82. The smallest absolute Gasteiger partial charge is 0.407 e. The maximum Gasteiger partial charge on any atom is 0.407 e. The number of alkyl carbamates (subject to hydrolysis) is 1. The minimum atomic E-state index is -2.75. The van der Waals surface area contributed by atoms with Crippen LogP contribution in [0.2, 0.25) is 0 Å². The first kappa shape index (κ1) is 20.8. The van der Waals surface area contributed by atoms with Crippen molar-refractivity contribution in [2.75, 3.05) is 6.61 Å². The van der Waals surface area contributed by atoms with Crippen molar-refractivity contribution in [2.45, 2.75) is 37.6 Å². The molecule has 30 heavy (non-hydrogen) atoms. The summed E-state index contributed by atoms with van der Waals surface area (Å²) >= 11 is 0. The number of carbonyl (C=O) groups is 2. The molecule has 0 saturated heterocycles. The average Bonchev–Trinajstić information content (AvgIpc) is 3.04. The van der Waals surface area contributed by atoms with Crippen LogP contribution in [-0.2, 0) is 9.53 Å². The highest BCUT2D eigenvalue weighted by molar-refractivity contribution is 5.80. The van der Waals surface area contributed by atoms with Gasteiger partial charge in [-0.3, -0.25) is 0 Å². The maximum atomic E-state index is 13.4. The minimum absolute atomic E-state index is 0.0641. The second-order valence-electron chi connectivity index (χ2n) is 8.76. The number of aliphatic carboxylic acids is 1. The Morgan fingerprint density at radius 1 is 0.967 bits per heavy atom. The fourth-order valence-electron chi connectivity index (χ4n) is 5.51. The van der Waals surface area contributed by atoms with Gasteiger partial charge in [-0.1, -0.05) is 48.6 Å². The predicted octanol–water partition coefficient (Wildman–Crippen LogP) is 4.34. The van der Waals surface area contributed by atoms with Gasteiger partial charge in [0.05, 0.1) is 6.61 Å². The number of carboxylic acid groups (broad SMARTS) is 1. The van der Waals surface area contributed by atoms with Crippen LogP contribution in [0.25, 0.3) is 0 Å². The van der Waals surface area contributed by atoms with Gasteiger partial charge >= 0.3 is 12.1 Å². The monoisotopic (exact) mass is 419 g/mol. The Hall–Kier alpha value is -2.44. The Labute approximate surface area is 174 Å². The van der Waals surface area contributed by atoms with Crippen molar-refractivity contribution in [2.24, 2.45) is 35.5 Å². The van der Waals surface area contributed by atoms with Gasteiger partial charge in [0.15, 0.2) is 0 Å². The van der Waals surface area contributed by atoms with Crippen molar-refractivity contribution in [1.29, 1.82) is 0 Å². The van der Waals surface area contributed by atoms with Gasteiger partial charge in [-0.25, -0.2) is 18.4 Å². The Morgan fingerprint density at radius 3 is 1.97 bits per heavy atom. The van der Waals surface area contributed by atoms with Gasteiger partial charge in [-0.2, -0.15) is 0 Å². The van der Waals surface area contributed by atoms with Crippen LogP contribution in [0.4, 0.5) is 13.6 Å². The molecule has 0 aromatic rings. The van der Waals surface area contributed by atoms with E-state index in [0.29, 0.717) is 11.8 Å². The van der Waals surface area contributed by atoms with E-state index in [1.54, 1.807) is 0 Å². The normalized spacial score (nSPS) is 34.8. The van der Waals surface area contributed by atoms with E-state index in [1.165, 1.54) is 0 Å². The molecule has 2 saturated carbocycles. The molecular weight excluding hydrogens is 392 g/mol. The second kappa shape index (κ2) is 8.36. The van der Waals surface area contributed by atoms with Crippen LogP contribution in [0.3, 0.4) is 0 Å². The van der Waals surface area contributed by atoms with E-state index in [4.69, 9.17) is 4.74 Å². The van der Waals surface area contributed by atoms with E-state index in [1.807, 2.05) is 24.3 Å². The molecule has 0 aromatic heterocycles. The Bertz CT molecular complexity index is 759. The molecule has 5 nitrogen and oxygen atoms in total. The summed E-state index contributed by atoms with van der Waals surface area (Å²) < 4.78 is 32.2. The van der Waals surface area contributed by atoms with Crippen LogP contribution >= 0.6 is 0 Å². The number of carbonyl (C=O) groups excluding carboxylic acids is 1. The molecule has 5 atom stereocenters. The Kier molecular flexibility index (Phi) is 5.80. The zero-order valence-corrected chi connectivity index (χ0v) is 16.6. The molecule has 162 valence electrons. The number of carboxylic acids is 1. The molecule has 0 radical (unpaired) electrons. The quantitative estimate of drug-likeness (QED) is 0.695. The second-order valence-corrected chi connectivity index (χ2v) is 8.76. The van der Waals surface area contributed by atoms with Crippen molar-refractivity contribution in [3.8, 4) is 0 Å². The van der Waals surface area contributed by atoms with Gasteiger partial charge in [0.1, 0.15) is 6.04 Å². The first-order valence-corrected chi connectivity index (χ1v) is 10.6. The summed E-state index contributed by atoms with van der Waals surface area (Å²) in [6.07, 6.45) is 15.4. The van der Waals surface area contributed by atoms with E-state index >= 15 is 0 Å². The summed E-state index contributed by atoms with van der Waals surface area (Å²) in [5.41, 5.74) is 0. The van der Waals surface area contributed by atoms with E-state index in [2.05, 4.69) is 29.6 Å². The van der Waals surface area contributed by atoms with Crippen LogP contribution < -0.4 is 5.32 Å². The van der Waals surface area contributed by atoms with Crippen molar-refractivity contribution >= 4 is 12.1 Å². The lowest BCUT2D eigenvalue weighted by Crippen LogP contribution is -2.48. The molecular formula is C23H27F2NO4. The first-order chi connectivity index (χ1) is 14.4. The van der Waals surface area contributed by atoms with E-state index in [-0.39, 0.29) is 50.0 Å². The lowest BCUT2D eigenvalue weighted by molar-refractivity contribution is -0.142. The van der Waals surface area contributed by atoms with Crippen LogP contribution in [0.5, 0.6) is 0 Å². The highest BCUT2D eigenvalue weighted by Crippen LogP contribution is 2.51. The number of allylic oxidation sites excluding steroid dienone is 8. The lowest BCUT2D eigenvalue weighted by Gasteiger charge is -2.32. The third-order valence-corrected chi connectivity index (χ3v) is 7.06. The minimum Gasteiger partial charge on any atom is -0.480 e. The highest BCUT2D eigenvalue weighted by Gasteiger charge is 2.47. The Balaban J connectivity index is 1.36. The number of rotatable bonds is 5. The molecule has 2 fully saturated rings. The first-order valence-electron chi connectivity index (χ1n) is 10.6. The standard InChI is InChI=1S/C23H27F2NO4/c24-23(25)11-9-14(10-12-23)20(21(27)28)26-22(29)30-13-19-17-7-3-1-5-15(17)16-6-2-4-8-18(16)19/h1-8,14-20H,9-13H2,(H,26,29)(H,27,28)/t15?,16?,17?,18?,19?,20-/m0/s1. The summed E-state index contributed by atoms with van der Waals surface area (Å²) in [5, 5.41) is 11.9. The van der Waals surface area contributed by atoms with Crippen LogP contribution in [-0.4, -0.2) is 35.7 Å². The molecule has 4 unspecified atom stereocenters. The molecule has 4 aliphatic carbocycles. The summed E-state index contributed by atoms with van der Waals surface area (Å²) in [4.78, 5) is 24.0. The maximum absolute atomic E-state index is 13.4. The van der Waals surface area contributed by atoms with Crippen molar-refractivity contribution in [1.82, 2.24) is 5.32 Å². The van der Waals surface area contributed by atoms with Gasteiger partial charge in [-0.15, -0.1) is 0 Å². The molecule has 0 aliphatic heterocycles. The van der Waals surface area contributed by atoms with E-state index in [9.17, 15) is 23.5 Å². The van der Waals surface area contributed by atoms with Gasteiger partial charge in [0, 0.05) is 18.8 Å². The number of nitrogens with one attached hydrogen (secondary N) is 1. The molecule has 4 rings (SSSR count). The fourth-order valence-corrected chi connectivity index (χ4v) is 5.51. The van der Waals surface area contributed by atoms with Crippen molar-refractivity contribution in [3.05, 3.63) is 48.6 Å². The van der Waals surface area contributed by atoms with E-state index < -0.39 is 29.9 Å². The van der Waals surface area contributed by atoms with Crippen LogP contribution in [0, 0.1) is 35.5 Å². The molecule has 4 aliphatic rings. The van der Waals surface area contributed by atoms with Gasteiger partial charge in [-0.05, 0) is 42.4 Å². The third kappa shape index (κ3) is 4.20. The van der Waals surface area contributed by atoms with Gasteiger partial charge < -0.3 is 15.2 Å². The van der Waals surface area contributed by atoms with Gasteiger partial charge in [0.2, 0.25) is 5.92 Å². The van der Waals surface area contributed by atoms with Crippen molar-refractivity contribution < 1.29 is 28.2 Å². The number of fused-ring (bicyclic) bond motifs is 3. The number of amides is 1. The largest absolute Gasteiger partial charge is 0.480 e. The van der Waals surface area contributed by atoms with Crippen molar-refractivity contribution in [3.63, 3.8) is 0 Å². The summed E-state index contributed by atoms with van der Waals surface area (Å²) in [6.45, 7) is 0.180. The highest BCUT2D eigenvalue weighted by atomic mass is 19.3. The van der Waals surface area contributed by atoms with E-state index in [0.717, 1.165) is 0 Å². The van der Waals surface area contributed by atoms with Crippen LogP contribution in [0.1, 0.15) is 25.7 Å². The average molecular weight is 419 g/mol. The number of halogens is 2. The van der Waals surface area contributed by atoms with Crippen LogP contribution in [0.15, 0.2) is 48.6 Å². The molecule has 2 N–H and O–H groups in total. The fraction of sp³-hybridized carbons (Fsp3) is 0.565. The summed E-state index contributed by atoms with van der Waals surface area (Å²) in [7, 11) is 0. The topological polar surface area (TPSA) is 75.6 Å². The third-order valence-electron chi connectivity index (χ3n) is 7.06. The number of ether oxygens (including phenoxy) is 1. The SMILES string of the molecule is O=C(N[C@H](C(=O)O)C1CCC(F)(F)CC1)OCC1C2C=CC=CC2C2C=CC=CC21. The summed E-state index contributed by atoms with van der Waals surface area (Å²) in [6, 6.07) is -1.22. The molecule has 7 heteroatoms.